The Hall–Kier alpha value is -0.810. The minimum Gasteiger partial charge on any atom is -0.390 e. The molecule has 1 saturated heterocycles. The van der Waals surface area contributed by atoms with Crippen molar-refractivity contribution in [2.24, 2.45) is 5.11 Å². The second-order valence-corrected chi connectivity index (χ2v) is 2.69. The Morgan fingerprint density at radius 3 is 2.92 bits per heavy atom. The predicted octanol–water partition coefficient (Wildman–Crippen LogP) is 0.155. The molecule has 0 aromatic heterocycles. The van der Waals surface area contributed by atoms with Gasteiger partial charge in [0, 0.05) is 11.3 Å². The number of aliphatic hydroxyl groups is 2. The first-order chi connectivity index (χ1) is 5.74. The van der Waals surface area contributed by atoms with E-state index in [9.17, 15) is 5.11 Å². The SMILES string of the molecule is [N-]=[N+]=NCC1OC(O)CCC1O. The summed E-state index contributed by atoms with van der Waals surface area (Å²) in [7, 11) is 0. The first kappa shape index (κ1) is 9.28. The summed E-state index contributed by atoms with van der Waals surface area (Å²) in [6.07, 6.45) is -1.14. The number of aliphatic hydroxyl groups excluding tert-OH is 2. The maximum atomic E-state index is 9.29. The Morgan fingerprint density at radius 2 is 2.25 bits per heavy atom. The summed E-state index contributed by atoms with van der Waals surface area (Å²) >= 11 is 0. The van der Waals surface area contributed by atoms with E-state index in [1.807, 2.05) is 0 Å². The molecule has 0 saturated carbocycles. The summed E-state index contributed by atoms with van der Waals surface area (Å²) < 4.78 is 4.94. The number of rotatable bonds is 2. The molecule has 0 spiro atoms. The largest absolute Gasteiger partial charge is 0.390 e. The van der Waals surface area contributed by atoms with Gasteiger partial charge in [-0.25, -0.2) is 0 Å². The molecule has 0 aromatic rings. The molecule has 6 nitrogen and oxygen atoms in total. The fourth-order valence-electron chi connectivity index (χ4n) is 1.14. The zero-order chi connectivity index (χ0) is 8.97. The molecule has 3 unspecified atom stereocenters. The van der Waals surface area contributed by atoms with E-state index in [1.165, 1.54) is 0 Å². The maximum absolute atomic E-state index is 9.29. The van der Waals surface area contributed by atoms with Gasteiger partial charge in [0.25, 0.3) is 0 Å². The highest BCUT2D eigenvalue weighted by Gasteiger charge is 2.27. The van der Waals surface area contributed by atoms with Crippen LogP contribution in [-0.2, 0) is 4.74 Å². The van der Waals surface area contributed by atoms with Gasteiger partial charge < -0.3 is 14.9 Å². The van der Waals surface area contributed by atoms with Crippen LogP contribution >= 0.6 is 0 Å². The molecule has 1 heterocycles. The van der Waals surface area contributed by atoms with Crippen LogP contribution in [0.25, 0.3) is 10.4 Å². The van der Waals surface area contributed by atoms with Gasteiger partial charge in [-0.15, -0.1) is 0 Å². The molecule has 1 aliphatic rings. The van der Waals surface area contributed by atoms with E-state index < -0.39 is 18.5 Å². The van der Waals surface area contributed by atoms with Gasteiger partial charge in [-0.05, 0) is 12.0 Å². The normalized spacial score (nSPS) is 35.7. The van der Waals surface area contributed by atoms with Crippen molar-refractivity contribution in [1.82, 2.24) is 0 Å². The third kappa shape index (κ3) is 2.35. The van der Waals surface area contributed by atoms with Crippen LogP contribution in [0.3, 0.4) is 0 Å². The van der Waals surface area contributed by atoms with Crippen LogP contribution in [0.4, 0.5) is 0 Å². The quantitative estimate of drug-likeness (QED) is 0.353. The second kappa shape index (κ2) is 4.27. The highest BCUT2D eigenvalue weighted by molar-refractivity contribution is 4.76. The molecule has 2 N–H and O–H groups in total. The van der Waals surface area contributed by atoms with Crippen LogP contribution in [0, 0.1) is 0 Å². The van der Waals surface area contributed by atoms with Crippen molar-refractivity contribution >= 4 is 0 Å². The average Bonchev–Trinajstić information content (AvgIpc) is 2.07. The number of ether oxygens (including phenoxy) is 1. The lowest BCUT2D eigenvalue weighted by Gasteiger charge is -2.30. The third-order valence-corrected chi connectivity index (χ3v) is 1.80. The summed E-state index contributed by atoms with van der Waals surface area (Å²) in [5.41, 5.74) is 8.01. The van der Waals surface area contributed by atoms with Gasteiger partial charge in [0.15, 0.2) is 6.29 Å². The lowest BCUT2D eigenvalue weighted by Crippen LogP contribution is -2.40. The van der Waals surface area contributed by atoms with Gasteiger partial charge >= 0.3 is 0 Å². The minimum absolute atomic E-state index is 0.0642. The first-order valence-corrected chi connectivity index (χ1v) is 3.76. The van der Waals surface area contributed by atoms with E-state index in [-0.39, 0.29) is 6.54 Å². The Balaban J connectivity index is 2.43. The molecular weight excluding hydrogens is 162 g/mol. The molecule has 1 rings (SSSR count). The first-order valence-electron chi connectivity index (χ1n) is 3.76. The van der Waals surface area contributed by atoms with Crippen molar-refractivity contribution in [3.63, 3.8) is 0 Å². The van der Waals surface area contributed by atoms with Crippen LogP contribution in [0.1, 0.15) is 12.8 Å². The molecule has 6 heteroatoms. The highest BCUT2D eigenvalue weighted by atomic mass is 16.6. The fraction of sp³-hybridized carbons (Fsp3) is 1.00. The van der Waals surface area contributed by atoms with Crippen molar-refractivity contribution in [3.8, 4) is 0 Å². The fourth-order valence-corrected chi connectivity index (χ4v) is 1.14. The molecule has 0 radical (unpaired) electrons. The van der Waals surface area contributed by atoms with Crippen molar-refractivity contribution in [3.05, 3.63) is 10.4 Å². The molecule has 1 fully saturated rings. The van der Waals surface area contributed by atoms with Gasteiger partial charge in [-0.3, -0.25) is 0 Å². The predicted molar refractivity (Wildman–Crippen MR) is 40.1 cm³/mol. The van der Waals surface area contributed by atoms with Crippen LogP contribution < -0.4 is 0 Å². The van der Waals surface area contributed by atoms with E-state index in [1.54, 1.807) is 0 Å². The van der Waals surface area contributed by atoms with Crippen molar-refractivity contribution in [2.45, 2.75) is 31.3 Å². The molecule has 0 amide bonds. The van der Waals surface area contributed by atoms with Crippen LogP contribution in [0.2, 0.25) is 0 Å². The number of nitrogens with zero attached hydrogens (tertiary/aromatic N) is 3. The number of hydrogen-bond donors (Lipinski definition) is 2. The molecule has 68 valence electrons. The van der Waals surface area contributed by atoms with Crippen molar-refractivity contribution in [1.29, 1.82) is 0 Å². The maximum Gasteiger partial charge on any atom is 0.155 e. The zero-order valence-electron chi connectivity index (χ0n) is 6.50. The molecular formula is C6H11N3O3. The van der Waals surface area contributed by atoms with Crippen molar-refractivity contribution < 1.29 is 14.9 Å². The molecule has 3 atom stereocenters. The van der Waals surface area contributed by atoms with E-state index in [4.69, 9.17) is 15.4 Å². The molecule has 12 heavy (non-hydrogen) atoms. The van der Waals surface area contributed by atoms with Crippen LogP contribution in [0.5, 0.6) is 0 Å². The van der Waals surface area contributed by atoms with E-state index >= 15 is 0 Å². The van der Waals surface area contributed by atoms with Gasteiger partial charge in [0.2, 0.25) is 0 Å². The van der Waals surface area contributed by atoms with E-state index in [0.29, 0.717) is 12.8 Å². The summed E-state index contributed by atoms with van der Waals surface area (Å²) in [4.78, 5) is 2.54. The summed E-state index contributed by atoms with van der Waals surface area (Å²) in [5, 5.41) is 21.6. The molecule has 0 aromatic carbocycles. The minimum atomic E-state index is -0.840. The number of azide groups is 1. The van der Waals surface area contributed by atoms with E-state index in [0.717, 1.165) is 0 Å². The summed E-state index contributed by atoms with van der Waals surface area (Å²) in [6, 6.07) is 0. The number of hydrogen-bond acceptors (Lipinski definition) is 4. The lowest BCUT2D eigenvalue weighted by molar-refractivity contribution is -0.194. The third-order valence-electron chi connectivity index (χ3n) is 1.80. The lowest BCUT2D eigenvalue weighted by atomic mass is 10.1. The smallest absolute Gasteiger partial charge is 0.155 e. The standard InChI is InChI=1S/C6H11N3O3/c7-9-8-3-5-4(10)1-2-6(11)12-5/h4-6,10-11H,1-3H2. The zero-order valence-corrected chi connectivity index (χ0v) is 6.50. The van der Waals surface area contributed by atoms with Crippen molar-refractivity contribution in [2.75, 3.05) is 6.54 Å². The van der Waals surface area contributed by atoms with Gasteiger partial charge in [0.1, 0.15) is 0 Å². The Labute approximate surface area is 69.4 Å². The molecule has 0 bridgehead atoms. The second-order valence-electron chi connectivity index (χ2n) is 2.69. The van der Waals surface area contributed by atoms with E-state index in [2.05, 4.69) is 10.0 Å². The summed E-state index contributed by atoms with van der Waals surface area (Å²) in [5.74, 6) is 0. The van der Waals surface area contributed by atoms with Crippen LogP contribution in [-0.4, -0.2) is 35.3 Å². The average molecular weight is 173 g/mol. The Kier molecular flexibility index (Phi) is 3.31. The Bertz CT molecular complexity index is 192. The monoisotopic (exact) mass is 173 g/mol. The van der Waals surface area contributed by atoms with Gasteiger partial charge in [-0.1, -0.05) is 5.11 Å². The Morgan fingerprint density at radius 1 is 1.50 bits per heavy atom. The van der Waals surface area contributed by atoms with Gasteiger partial charge in [0.05, 0.1) is 18.8 Å². The molecule has 1 aliphatic heterocycles. The highest BCUT2D eigenvalue weighted by Crippen LogP contribution is 2.18. The topological polar surface area (TPSA) is 98.5 Å². The molecule has 0 aliphatic carbocycles. The summed E-state index contributed by atoms with van der Waals surface area (Å²) in [6.45, 7) is 0.0642. The van der Waals surface area contributed by atoms with Gasteiger partial charge in [-0.2, -0.15) is 0 Å². The van der Waals surface area contributed by atoms with Crippen LogP contribution in [0.15, 0.2) is 5.11 Å².